The lowest BCUT2D eigenvalue weighted by molar-refractivity contribution is 0.0467. The summed E-state index contributed by atoms with van der Waals surface area (Å²) in [6, 6.07) is 8.94. The zero-order valence-corrected chi connectivity index (χ0v) is 10.8. The van der Waals surface area contributed by atoms with Gasteiger partial charge in [-0.1, -0.05) is 0 Å². The fourth-order valence-electron chi connectivity index (χ4n) is 1.70. The lowest BCUT2D eigenvalue weighted by atomic mass is 10.0. The highest BCUT2D eigenvalue weighted by Crippen LogP contribution is 2.23. The van der Waals surface area contributed by atoms with E-state index in [1.807, 2.05) is 13.0 Å². The fourth-order valence-corrected chi connectivity index (χ4v) is 1.70. The first kappa shape index (κ1) is 13.1. The highest BCUT2D eigenvalue weighted by Gasteiger charge is 2.27. The molecule has 2 N–H and O–H groups in total. The molecule has 5 heteroatoms. The van der Waals surface area contributed by atoms with E-state index in [4.69, 9.17) is 9.68 Å². The largest absolute Gasteiger partial charge is 0.463 e. The van der Waals surface area contributed by atoms with Gasteiger partial charge in [-0.3, -0.25) is 0 Å². The van der Waals surface area contributed by atoms with Gasteiger partial charge in [-0.05, 0) is 38.1 Å². The monoisotopic (exact) mass is 257 g/mol. The molecular formula is C14H15N3O2. The molecule has 2 aromatic rings. The van der Waals surface area contributed by atoms with Gasteiger partial charge in [-0.15, -0.1) is 0 Å². The Hall–Kier alpha value is -2.32. The van der Waals surface area contributed by atoms with Crippen molar-refractivity contribution in [3.8, 4) is 6.07 Å². The predicted molar refractivity (Wildman–Crippen MR) is 70.5 cm³/mol. The van der Waals surface area contributed by atoms with Crippen molar-refractivity contribution in [1.29, 1.82) is 5.26 Å². The lowest BCUT2D eigenvalue weighted by Gasteiger charge is -2.21. The maximum Gasteiger partial charge on any atom is 0.143 e. The van der Waals surface area contributed by atoms with Crippen molar-refractivity contribution in [3.05, 3.63) is 47.5 Å². The summed E-state index contributed by atoms with van der Waals surface area (Å²) < 4.78 is 5.42. The van der Waals surface area contributed by atoms with Crippen LogP contribution in [0.4, 0.5) is 5.82 Å². The smallest absolute Gasteiger partial charge is 0.143 e. The Labute approximate surface area is 111 Å². The van der Waals surface area contributed by atoms with Gasteiger partial charge in [0.15, 0.2) is 0 Å². The normalized spacial score (nSPS) is 13.6. The van der Waals surface area contributed by atoms with E-state index in [1.165, 1.54) is 0 Å². The van der Waals surface area contributed by atoms with Crippen LogP contribution in [0.3, 0.4) is 0 Å². The van der Waals surface area contributed by atoms with Crippen LogP contribution in [-0.2, 0) is 5.60 Å². The number of anilines is 1. The van der Waals surface area contributed by atoms with E-state index < -0.39 is 5.60 Å². The Kier molecular flexibility index (Phi) is 3.54. The lowest BCUT2D eigenvalue weighted by Crippen LogP contribution is -2.30. The summed E-state index contributed by atoms with van der Waals surface area (Å²) >= 11 is 0. The first-order valence-corrected chi connectivity index (χ1v) is 5.91. The van der Waals surface area contributed by atoms with Gasteiger partial charge in [0.2, 0.25) is 0 Å². The van der Waals surface area contributed by atoms with Crippen molar-refractivity contribution in [1.82, 2.24) is 4.98 Å². The second kappa shape index (κ2) is 5.12. The number of nitrogens with zero attached hydrogens (tertiary/aromatic N) is 2. The maximum absolute atomic E-state index is 10.4. The van der Waals surface area contributed by atoms with E-state index in [2.05, 4.69) is 10.3 Å². The number of hydrogen-bond donors (Lipinski definition) is 2. The van der Waals surface area contributed by atoms with E-state index in [0.29, 0.717) is 17.1 Å². The van der Waals surface area contributed by atoms with Crippen LogP contribution in [0.5, 0.6) is 0 Å². The highest BCUT2D eigenvalue weighted by molar-refractivity contribution is 5.51. The van der Waals surface area contributed by atoms with Crippen LogP contribution in [0.2, 0.25) is 0 Å². The van der Waals surface area contributed by atoms with Gasteiger partial charge in [0.25, 0.3) is 0 Å². The first-order chi connectivity index (χ1) is 9.03. The molecule has 98 valence electrons. The van der Waals surface area contributed by atoms with Crippen LogP contribution in [0.1, 0.15) is 24.0 Å². The van der Waals surface area contributed by atoms with Crippen molar-refractivity contribution < 1.29 is 9.52 Å². The van der Waals surface area contributed by atoms with Gasteiger partial charge < -0.3 is 14.8 Å². The minimum Gasteiger partial charge on any atom is -0.463 e. The first-order valence-electron chi connectivity index (χ1n) is 5.91. The number of pyridine rings is 1. The molecule has 0 aliphatic heterocycles. The van der Waals surface area contributed by atoms with Crippen molar-refractivity contribution in [3.63, 3.8) is 0 Å². The average molecular weight is 257 g/mol. The molecular weight excluding hydrogens is 242 g/mol. The predicted octanol–water partition coefficient (Wildman–Crippen LogP) is 2.17. The van der Waals surface area contributed by atoms with Crippen molar-refractivity contribution >= 4 is 5.82 Å². The molecule has 0 fully saturated rings. The van der Waals surface area contributed by atoms with Gasteiger partial charge >= 0.3 is 0 Å². The number of aliphatic hydroxyl groups is 1. The van der Waals surface area contributed by atoms with Gasteiger partial charge in [-0.25, -0.2) is 4.98 Å². The number of rotatable bonds is 4. The van der Waals surface area contributed by atoms with Gasteiger partial charge in [0.05, 0.1) is 12.1 Å². The number of hydrogen-bond acceptors (Lipinski definition) is 5. The van der Waals surface area contributed by atoms with Crippen molar-refractivity contribution in [2.45, 2.75) is 19.4 Å². The van der Waals surface area contributed by atoms with E-state index >= 15 is 0 Å². The summed E-state index contributed by atoms with van der Waals surface area (Å²) in [4.78, 5) is 4.08. The Morgan fingerprint density at radius 3 is 2.89 bits per heavy atom. The van der Waals surface area contributed by atoms with Gasteiger partial charge in [0.1, 0.15) is 29.0 Å². The second-order valence-electron chi connectivity index (χ2n) is 4.55. The Bertz CT molecular complexity index is 611. The molecule has 0 saturated heterocycles. The third-order valence-electron chi connectivity index (χ3n) is 2.80. The molecule has 0 bridgehead atoms. The van der Waals surface area contributed by atoms with Gasteiger partial charge in [-0.2, -0.15) is 5.26 Å². The Balaban J connectivity index is 2.12. The molecule has 0 radical (unpaired) electrons. The summed E-state index contributed by atoms with van der Waals surface area (Å²) in [5.41, 5.74) is -0.729. The number of nitriles is 1. The molecule has 5 nitrogen and oxygen atoms in total. The SMILES string of the molecule is Cc1ccc(C(C)(O)CNc2ncccc2C#N)o1. The maximum atomic E-state index is 10.4. The van der Waals surface area contributed by atoms with Crippen LogP contribution in [0.15, 0.2) is 34.9 Å². The molecule has 0 aliphatic carbocycles. The molecule has 0 amide bonds. The number of aromatic nitrogens is 1. The second-order valence-corrected chi connectivity index (χ2v) is 4.55. The summed E-state index contributed by atoms with van der Waals surface area (Å²) in [5, 5.41) is 22.3. The molecule has 2 heterocycles. The molecule has 1 unspecified atom stereocenters. The number of furan rings is 1. The van der Waals surface area contributed by atoms with Gasteiger partial charge in [0, 0.05) is 6.20 Å². The third kappa shape index (κ3) is 2.92. The van der Waals surface area contributed by atoms with E-state index in [9.17, 15) is 5.11 Å². The topological polar surface area (TPSA) is 82.1 Å². The van der Waals surface area contributed by atoms with Crippen molar-refractivity contribution in [2.75, 3.05) is 11.9 Å². The third-order valence-corrected chi connectivity index (χ3v) is 2.80. The van der Waals surface area contributed by atoms with Crippen LogP contribution >= 0.6 is 0 Å². The zero-order valence-electron chi connectivity index (χ0n) is 10.8. The highest BCUT2D eigenvalue weighted by atomic mass is 16.4. The van der Waals surface area contributed by atoms with Crippen LogP contribution in [0, 0.1) is 18.3 Å². The number of nitrogens with one attached hydrogen (secondary N) is 1. The Morgan fingerprint density at radius 1 is 1.47 bits per heavy atom. The standard InChI is InChI=1S/C14H15N3O2/c1-10-5-6-12(19-10)14(2,18)9-17-13-11(8-15)4-3-7-16-13/h3-7,18H,9H2,1-2H3,(H,16,17). The molecule has 0 aliphatic rings. The summed E-state index contributed by atoms with van der Waals surface area (Å²) in [6.45, 7) is 3.67. The van der Waals surface area contributed by atoms with E-state index in [1.54, 1.807) is 37.4 Å². The molecule has 0 saturated carbocycles. The summed E-state index contributed by atoms with van der Waals surface area (Å²) in [6.07, 6.45) is 1.59. The average Bonchev–Trinajstić information content (AvgIpc) is 2.84. The molecule has 0 spiro atoms. The minimum absolute atomic E-state index is 0.200. The zero-order chi connectivity index (χ0) is 13.9. The van der Waals surface area contributed by atoms with Crippen molar-refractivity contribution in [2.24, 2.45) is 0 Å². The fraction of sp³-hybridized carbons (Fsp3) is 0.286. The Morgan fingerprint density at radius 2 is 2.26 bits per heavy atom. The number of aryl methyl sites for hydroxylation is 1. The summed E-state index contributed by atoms with van der Waals surface area (Å²) in [7, 11) is 0. The molecule has 1 atom stereocenters. The minimum atomic E-state index is -1.17. The molecule has 2 rings (SSSR count). The summed E-state index contributed by atoms with van der Waals surface area (Å²) in [5.74, 6) is 1.67. The van der Waals surface area contributed by atoms with Crippen LogP contribution in [0.25, 0.3) is 0 Å². The molecule has 0 aromatic carbocycles. The molecule has 2 aromatic heterocycles. The van der Waals surface area contributed by atoms with Crippen LogP contribution < -0.4 is 5.32 Å². The van der Waals surface area contributed by atoms with E-state index in [0.717, 1.165) is 5.76 Å². The molecule has 19 heavy (non-hydrogen) atoms. The van der Waals surface area contributed by atoms with Crippen LogP contribution in [-0.4, -0.2) is 16.6 Å². The van der Waals surface area contributed by atoms with E-state index in [-0.39, 0.29) is 6.54 Å². The quantitative estimate of drug-likeness (QED) is 0.877.